The van der Waals surface area contributed by atoms with Gasteiger partial charge in [0.2, 0.25) is 0 Å². The summed E-state index contributed by atoms with van der Waals surface area (Å²) in [4.78, 5) is 5.33. The summed E-state index contributed by atoms with van der Waals surface area (Å²) in [5, 5.41) is 3.84. The lowest BCUT2D eigenvalue weighted by molar-refractivity contribution is -0.138. The number of benzene rings is 1. The second kappa shape index (κ2) is 6.58. The zero-order chi connectivity index (χ0) is 15.5. The molecule has 0 saturated heterocycles. The number of aromatic nitrogens is 1. The van der Waals surface area contributed by atoms with Crippen LogP contribution in [0.3, 0.4) is 0 Å². The number of likely N-dealkylation sites (N-methyl/N-ethyl adjacent to an activating group) is 1. The van der Waals surface area contributed by atoms with Crippen LogP contribution < -0.4 is 5.32 Å². The monoisotopic (exact) mass is 314 g/mol. The van der Waals surface area contributed by atoms with E-state index >= 15 is 0 Å². The van der Waals surface area contributed by atoms with E-state index < -0.39 is 11.7 Å². The predicted molar refractivity (Wildman–Crippen MR) is 78.6 cm³/mol. The highest BCUT2D eigenvalue weighted by atomic mass is 32.1. The van der Waals surface area contributed by atoms with Crippen LogP contribution in [0.4, 0.5) is 13.2 Å². The van der Waals surface area contributed by atoms with Gasteiger partial charge in [-0.1, -0.05) is 18.2 Å². The molecule has 0 radical (unpaired) electrons. The Hall–Kier alpha value is -1.40. The van der Waals surface area contributed by atoms with E-state index in [1.54, 1.807) is 12.3 Å². The Bertz CT molecular complexity index is 593. The van der Waals surface area contributed by atoms with Crippen molar-refractivity contribution in [2.75, 3.05) is 7.05 Å². The van der Waals surface area contributed by atoms with Crippen LogP contribution in [-0.2, 0) is 19.0 Å². The third-order valence-electron chi connectivity index (χ3n) is 3.27. The largest absolute Gasteiger partial charge is 0.416 e. The molecule has 2 nitrogen and oxygen atoms in total. The molecule has 1 aromatic carbocycles. The summed E-state index contributed by atoms with van der Waals surface area (Å²) in [6, 6.07) is 5.99. The molecule has 2 rings (SSSR count). The first-order valence-electron chi connectivity index (χ1n) is 6.66. The summed E-state index contributed by atoms with van der Waals surface area (Å²) in [6.07, 6.45) is -1.52. The number of nitrogens with one attached hydrogen (secondary N) is 1. The summed E-state index contributed by atoms with van der Waals surface area (Å²) < 4.78 is 38.8. The summed E-state index contributed by atoms with van der Waals surface area (Å²) in [5.74, 6) is 0. The topological polar surface area (TPSA) is 24.9 Å². The standard InChI is InChI=1S/C15H17F3N2S/c1-10(19-2)7-12-9-20-14(21-12)8-11-5-3-4-6-13(11)15(16,17)18/h3-6,9-10,19H,7-8H2,1-2H3. The second-order valence-corrected chi connectivity index (χ2v) is 6.15. The van der Waals surface area contributed by atoms with Gasteiger partial charge >= 0.3 is 6.18 Å². The SMILES string of the molecule is CNC(C)Cc1cnc(Cc2ccccc2C(F)(F)F)s1. The van der Waals surface area contributed by atoms with Gasteiger partial charge in [0.25, 0.3) is 0 Å². The summed E-state index contributed by atoms with van der Waals surface area (Å²) in [6.45, 7) is 2.05. The first-order chi connectivity index (χ1) is 9.90. The van der Waals surface area contributed by atoms with Gasteiger partial charge in [0.05, 0.1) is 10.6 Å². The van der Waals surface area contributed by atoms with Crippen LogP contribution in [0, 0.1) is 0 Å². The first kappa shape index (κ1) is 16.0. The molecule has 1 N–H and O–H groups in total. The van der Waals surface area contributed by atoms with Crippen molar-refractivity contribution in [2.24, 2.45) is 0 Å². The fourth-order valence-corrected chi connectivity index (χ4v) is 3.12. The molecule has 0 bridgehead atoms. The Morgan fingerprint density at radius 1 is 1.29 bits per heavy atom. The normalized spacial score (nSPS) is 13.4. The van der Waals surface area contributed by atoms with Crippen molar-refractivity contribution < 1.29 is 13.2 Å². The molecule has 1 heterocycles. The lowest BCUT2D eigenvalue weighted by Crippen LogP contribution is -2.22. The zero-order valence-corrected chi connectivity index (χ0v) is 12.7. The molecule has 1 unspecified atom stereocenters. The van der Waals surface area contributed by atoms with Crippen LogP contribution in [0.15, 0.2) is 30.5 Å². The van der Waals surface area contributed by atoms with Gasteiger partial charge in [-0.25, -0.2) is 4.98 Å². The lowest BCUT2D eigenvalue weighted by Gasteiger charge is -2.11. The van der Waals surface area contributed by atoms with Crippen molar-refractivity contribution in [3.8, 4) is 0 Å². The van der Waals surface area contributed by atoms with Gasteiger partial charge in [0, 0.05) is 23.5 Å². The van der Waals surface area contributed by atoms with Crippen molar-refractivity contribution in [3.05, 3.63) is 51.5 Å². The molecule has 0 fully saturated rings. The maximum absolute atomic E-state index is 12.9. The number of nitrogens with zero attached hydrogens (tertiary/aromatic N) is 1. The van der Waals surface area contributed by atoms with E-state index in [-0.39, 0.29) is 12.0 Å². The third kappa shape index (κ3) is 4.28. The molecule has 1 aromatic heterocycles. The highest BCUT2D eigenvalue weighted by Gasteiger charge is 2.32. The molecular formula is C15H17F3N2S. The molecule has 2 aromatic rings. The van der Waals surface area contributed by atoms with E-state index in [0.717, 1.165) is 17.4 Å². The number of alkyl halides is 3. The fourth-order valence-electron chi connectivity index (χ4n) is 2.04. The molecule has 0 aliphatic carbocycles. The number of hydrogen-bond acceptors (Lipinski definition) is 3. The third-order valence-corrected chi connectivity index (χ3v) is 4.29. The fraction of sp³-hybridized carbons (Fsp3) is 0.400. The molecule has 6 heteroatoms. The van der Waals surface area contributed by atoms with Crippen LogP contribution in [0.2, 0.25) is 0 Å². The molecule has 114 valence electrons. The van der Waals surface area contributed by atoms with E-state index in [9.17, 15) is 13.2 Å². The maximum atomic E-state index is 12.9. The Kier molecular flexibility index (Phi) is 5.00. The summed E-state index contributed by atoms with van der Waals surface area (Å²) in [5.41, 5.74) is -0.307. The molecule has 0 saturated carbocycles. The van der Waals surface area contributed by atoms with Crippen LogP contribution >= 0.6 is 11.3 Å². The van der Waals surface area contributed by atoms with Gasteiger partial charge in [-0.05, 0) is 32.0 Å². The number of rotatable bonds is 5. The van der Waals surface area contributed by atoms with Crippen molar-refractivity contribution in [2.45, 2.75) is 32.0 Å². The van der Waals surface area contributed by atoms with Crippen LogP contribution in [0.25, 0.3) is 0 Å². The first-order valence-corrected chi connectivity index (χ1v) is 7.47. The van der Waals surface area contributed by atoms with Crippen LogP contribution in [0.1, 0.15) is 27.9 Å². The van der Waals surface area contributed by atoms with E-state index in [0.29, 0.717) is 11.0 Å². The van der Waals surface area contributed by atoms with Crippen LogP contribution in [-0.4, -0.2) is 18.1 Å². The van der Waals surface area contributed by atoms with Crippen molar-refractivity contribution in [3.63, 3.8) is 0 Å². The molecule has 0 aliphatic heterocycles. The molecule has 0 aliphatic rings. The molecule has 0 spiro atoms. The van der Waals surface area contributed by atoms with Crippen molar-refractivity contribution >= 4 is 11.3 Å². The van der Waals surface area contributed by atoms with Gasteiger partial charge < -0.3 is 5.32 Å². The van der Waals surface area contributed by atoms with E-state index in [1.807, 2.05) is 7.05 Å². The Labute approximate surface area is 126 Å². The lowest BCUT2D eigenvalue weighted by atomic mass is 10.0. The quantitative estimate of drug-likeness (QED) is 0.905. The Morgan fingerprint density at radius 3 is 2.67 bits per heavy atom. The van der Waals surface area contributed by atoms with E-state index in [2.05, 4.69) is 17.2 Å². The van der Waals surface area contributed by atoms with Crippen molar-refractivity contribution in [1.82, 2.24) is 10.3 Å². The molecule has 1 atom stereocenters. The summed E-state index contributed by atoms with van der Waals surface area (Å²) >= 11 is 1.47. The maximum Gasteiger partial charge on any atom is 0.416 e. The average molecular weight is 314 g/mol. The van der Waals surface area contributed by atoms with E-state index in [4.69, 9.17) is 0 Å². The molecular weight excluding hydrogens is 297 g/mol. The van der Waals surface area contributed by atoms with E-state index in [1.165, 1.54) is 23.5 Å². The Morgan fingerprint density at radius 2 is 2.00 bits per heavy atom. The van der Waals surface area contributed by atoms with Gasteiger partial charge in [0.15, 0.2) is 0 Å². The Balaban J connectivity index is 2.16. The highest BCUT2D eigenvalue weighted by Crippen LogP contribution is 2.33. The van der Waals surface area contributed by atoms with Gasteiger partial charge in [-0.2, -0.15) is 13.2 Å². The molecule has 21 heavy (non-hydrogen) atoms. The van der Waals surface area contributed by atoms with Crippen molar-refractivity contribution in [1.29, 1.82) is 0 Å². The smallest absolute Gasteiger partial charge is 0.317 e. The minimum absolute atomic E-state index is 0.217. The number of halogens is 3. The minimum Gasteiger partial charge on any atom is -0.317 e. The van der Waals surface area contributed by atoms with Gasteiger partial charge in [0.1, 0.15) is 0 Å². The van der Waals surface area contributed by atoms with Gasteiger partial charge in [-0.15, -0.1) is 11.3 Å². The predicted octanol–water partition coefficient (Wildman–Crippen LogP) is 3.90. The van der Waals surface area contributed by atoms with Gasteiger partial charge in [-0.3, -0.25) is 0 Å². The highest BCUT2D eigenvalue weighted by molar-refractivity contribution is 7.11. The number of thiazole rings is 1. The number of hydrogen-bond donors (Lipinski definition) is 1. The average Bonchev–Trinajstić information content (AvgIpc) is 2.85. The van der Waals surface area contributed by atoms with Crippen LogP contribution in [0.5, 0.6) is 0 Å². The zero-order valence-electron chi connectivity index (χ0n) is 11.9. The minimum atomic E-state index is -4.32. The summed E-state index contributed by atoms with van der Waals surface area (Å²) in [7, 11) is 1.88. The second-order valence-electron chi connectivity index (χ2n) is 4.95. The molecule has 0 amide bonds.